The molecule has 0 bridgehead atoms. The Kier molecular flexibility index (Phi) is 6.71. The quantitative estimate of drug-likeness (QED) is 0.790. The number of carbonyl (C=O) groups excluding carboxylic acids is 1. The van der Waals surface area contributed by atoms with Crippen molar-refractivity contribution in [3.05, 3.63) is 29.6 Å². The van der Waals surface area contributed by atoms with Crippen LogP contribution in [-0.4, -0.2) is 74.0 Å². The number of rotatable bonds is 5. The Morgan fingerprint density at radius 2 is 1.81 bits per heavy atom. The minimum atomic E-state index is -0.333. The molecule has 1 saturated carbocycles. The Bertz CT molecular complexity index is 636. The van der Waals surface area contributed by atoms with E-state index in [1.54, 1.807) is 12.1 Å². The predicted molar refractivity (Wildman–Crippen MR) is 104 cm³/mol. The van der Waals surface area contributed by atoms with Crippen LogP contribution in [0.5, 0.6) is 5.75 Å². The van der Waals surface area contributed by atoms with Crippen molar-refractivity contribution in [3.63, 3.8) is 0 Å². The third-order valence-electron chi connectivity index (χ3n) is 6.08. The number of amides is 1. The van der Waals surface area contributed by atoms with Gasteiger partial charge < -0.3 is 14.5 Å². The average Bonchev–Trinajstić information content (AvgIpc) is 2.69. The molecule has 1 aliphatic heterocycles. The second kappa shape index (κ2) is 9.02. The summed E-state index contributed by atoms with van der Waals surface area (Å²) >= 11 is 0. The van der Waals surface area contributed by atoms with Crippen molar-refractivity contribution in [2.45, 2.75) is 38.3 Å². The standard InChI is InChI=1S/C21H32FN3O2/c1-23(2)18-7-5-17(6-8-18)21(26)25-12-10-24(11-13-25)15-16-4-9-19(22)20(14-16)27-3/h4,9,14,17-18H,5-8,10-13,15H2,1-3H3. The summed E-state index contributed by atoms with van der Waals surface area (Å²) in [6.45, 7) is 4.04. The Balaban J connectivity index is 1.47. The zero-order valence-electron chi connectivity index (χ0n) is 16.8. The Morgan fingerprint density at radius 1 is 1.15 bits per heavy atom. The zero-order chi connectivity index (χ0) is 19.4. The molecule has 5 nitrogen and oxygen atoms in total. The fourth-order valence-corrected chi connectivity index (χ4v) is 4.28. The molecule has 0 unspecified atom stereocenters. The number of halogens is 1. The number of nitrogens with zero attached hydrogens (tertiary/aromatic N) is 3. The molecule has 1 aliphatic carbocycles. The molecule has 1 heterocycles. The van der Waals surface area contributed by atoms with Crippen LogP contribution in [0.4, 0.5) is 4.39 Å². The van der Waals surface area contributed by atoms with Crippen molar-refractivity contribution in [3.8, 4) is 5.75 Å². The summed E-state index contributed by atoms with van der Waals surface area (Å²) in [7, 11) is 5.74. The van der Waals surface area contributed by atoms with Gasteiger partial charge in [-0.05, 0) is 57.5 Å². The van der Waals surface area contributed by atoms with Crippen LogP contribution >= 0.6 is 0 Å². The van der Waals surface area contributed by atoms with Crippen molar-refractivity contribution in [2.24, 2.45) is 5.92 Å². The van der Waals surface area contributed by atoms with Crippen LogP contribution in [0.25, 0.3) is 0 Å². The van der Waals surface area contributed by atoms with Gasteiger partial charge in [0.1, 0.15) is 0 Å². The smallest absolute Gasteiger partial charge is 0.225 e. The van der Waals surface area contributed by atoms with E-state index in [0.29, 0.717) is 11.9 Å². The molecule has 0 aromatic heterocycles. The van der Waals surface area contributed by atoms with Gasteiger partial charge in [-0.3, -0.25) is 9.69 Å². The van der Waals surface area contributed by atoms with Crippen molar-refractivity contribution in [1.82, 2.24) is 14.7 Å². The molecular formula is C21H32FN3O2. The molecule has 27 heavy (non-hydrogen) atoms. The molecule has 1 aromatic carbocycles. The summed E-state index contributed by atoms with van der Waals surface area (Å²) in [4.78, 5) is 19.5. The van der Waals surface area contributed by atoms with Gasteiger partial charge in [0.15, 0.2) is 11.6 Å². The molecule has 1 saturated heterocycles. The molecule has 1 aromatic rings. The Morgan fingerprint density at radius 3 is 2.41 bits per heavy atom. The van der Waals surface area contributed by atoms with Crippen LogP contribution in [0, 0.1) is 11.7 Å². The fraction of sp³-hybridized carbons (Fsp3) is 0.667. The highest BCUT2D eigenvalue weighted by Crippen LogP contribution is 2.28. The highest BCUT2D eigenvalue weighted by atomic mass is 19.1. The third kappa shape index (κ3) is 4.99. The lowest BCUT2D eigenvalue weighted by molar-refractivity contribution is -0.138. The Hall–Kier alpha value is -1.66. The molecule has 6 heteroatoms. The second-order valence-electron chi connectivity index (χ2n) is 8.04. The molecule has 3 rings (SSSR count). The van der Waals surface area contributed by atoms with Gasteiger partial charge in [0.25, 0.3) is 0 Å². The van der Waals surface area contributed by atoms with E-state index in [9.17, 15) is 9.18 Å². The van der Waals surface area contributed by atoms with Gasteiger partial charge in [0.05, 0.1) is 7.11 Å². The van der Waals surface area contributed by atoms with E-state index in [1.165, 1.54) is 13.2 Å². The van der Waals surface area contributed by atoms with Crippen LogP contribution in [0.15, 0.2) is 18.2 Å². The molecule has 2 fully saturated rings. The molecule has 1 amide bonds. The van der Waals surface area contributed by atoms with E-state index in [2.05, 4.69) is 23.9 Å². The molecule has 0 N–H and O–H groups in total. The summed E-state index contributed by atoms with van der Waals surface area (Å²) in [6.07, 6.45) is 4.26. The first-order valence-corrected chi connectivity index (χ1v) is 9.98. The topological polar surface area (TPSA) is 36.0 Å². The summed E-state index contributed by atoms with van der Waals surface area (Å²) in [5.74, 6) is 0.500. The predicted octanol–water partition coefficient (Wildman–Crippen LogP) is 2.60. The summed E-state index contributed by atoms with van der Waals surface area (Å²) in [6, 6.07) is 5.64. The monoisotopic (exact) mass is 377 g/mol. The van der Waals surface area contributed by atoms with Gasteiger partial charge in [0, 0.05) is 44.7 Å². The van der Waals surface area contributed by atoms with Crippen molar-refractivity contribution in [1.29, 1.82) is 0 Å². The molecule has 2 aliphatic rings. The van der Waals surface area contributed by atoms with Crippen LogP contribution in [0.3, 0.4) is 0 Å². The first kappa shape index (κ1) is 20.1. The number of benzene rings is 1. The average molecular weight is 378 g/mol. The normalized spacial score (nSPS) is 24.3. The van der Waals surface area contributed by atoms with E-state index in [0.717, 1.165) is 64.0 Å². The van der Waals surface area contributed by atoms with Crippen molar-refractivity contribution >= 4 is 5.91 Å². The minimum absolute atomic E-state index is 0.203. The van der Waals surface area contributed by atoms with Crippen LogP contribution in [0.1, 0.15) is 31.2 Å². The van der Waals surface area contributed by atoms with Crippen molar-refractivity contribution in [2.75, 3.05) is 47.4 Å². The molecule has 0 atom stereocenters. The zero-order valence-corrected chi connectivity index (χ0v) is 16.8. The van der Waals surface area contributed by atoms with E-state index in [-0.39, 0.29) is 17.5 Å². The van der Waals surface area contributed by atoms with Crippen LogP contribution in [-0.2, 0) is 11.3 Å². The number of carbonyl (C=O) groups is 1. The summed E-state index contributed by atoms with van der Waals surface area (Å²) < 4.78 is 18.6. The minimum Gasteiger partial charge on any atom is -0.494 e. The van der Waals surface area contributed by atoms with Gasteiger partial charge >= 0.3 is 0 Å². The summed E-state index contributed by atoms with van der Waals surface area (Å²) in [5, 5.41) is 0. The maximum Gasteiger partial charge on any atom is 0.225 e. The van der Waals surface area contributed by atoms with E-state index in [1.807, 2.05) is 4.90 Å². The van der Waals surface area contributed by atoms with Crippen molar-refractivity contribution < 1.29 is 13.9 Å². The highest BCUT2D eigenvalue weighted by molar-refractivity contribution is 5.79. The molecular weight excluding hydrogens is 345 g/mol. The lowest BCUT2D eigenvalue weighted by Gasteiger charge is -2.38. The van der Waals surface area contributed by atoms with E-state index >= 15 is 0 Å². The lowest BCUT2D eigenvalue weighted by Crippen LogP contribution is -2.50. The maximum atomic E-state index is 13.5. The number of methoxy groups -OCH3 is 1. The largest absolute Gasteiger partial charge is 0.494 e. The fourth-order valence-electron chi connectivity index (χ4n) is 4.28. The molecule has 150 valence electrons. The van der Waals surface area contributed by atoms with Gasteiger partial charge in [-0.1, -0.05) is 6.07 Å². The number of ether oxygens (including phenoxy) is 1. The van der Waals surface area contributed by atoms with Crippen LogP contribution in [0.2, 0.25) is 0 Å². The molecule has 0 radical (unpaired) electrons. The van der Waals surface area contributed by atoms with Gasteiger partial charge in [-0.25, -0.2) is 4.39 Å². The van der Waals surface area contributed by atoms with Gasteiger partial charge in [-0.15, -0.1) is 0 Å². The number of hydrogen-bond donors (Lipinski definition) is 0. The van der Waals surface area contributed by atoms with Crippen LogP contribution < -0.4 is 4.74 Å². The first-order chi connectivity index (χ1) is 13.0. The number of hydrogen-bond acceptors (Lipinski definition) is 4. The third-order valence-corrected chi connectivity index (χ3v) is 6.08. The van der Waals surface area contributed by atoms with Gasteiger partial charge in [-0.2, -0.15) is 0 Å². The highest BCUT2D eigenvalue weighted by Gasteiger charge is 2.31. The molecule has 0 spiro atoms. The maximum absolute atomic E-state index is 13.5. The number of piperazine rings is 1. The SMILES string of the molecule is COc1cc(CN2CCN(C(=O)C3CCC(N(C)C)CC3)CC2)ccc1F. The van der Waals surface area contributed by atoms with Gasteiger partial charge in [0.2, 0.25) is 5.91 Å². The van der Waals surface area contributed by atoms with E-state index in [4.69, 9.17) is 4.74 Å². The summed E-state index contributed by atoms with van der Waals surface area (Å²) in [5.41, 5.74) is 1.04. The second-order valence-corrected chi connectivity index (χ2v) is 8.04. The van der Waals surface area contributed by atoms with E-state index < -0.39 is 0 Å². The lowest BCUT2D eigenvalue weighted by atomic mass is 9.84. The Labute approximate surface area is 162 Å². The first-order valence-electron chi connectivity index (χ1n) is 9.98.